The first-order valence-corrected chi connectivity index (χ1v) is 9.37. The van der Waals surface area contributed by atoms with Gasteiger partial charge in [-0.1, -0.05) is 22.9 Å². The van der Waals surface area contributed by atoms with Crippen LogP contribution in [0.25, 0.3) is 0 Å². The first kappa shape index (κ1) is 18.4. The lowest BCUT2D eigenvalue weighted by molar-refractivity contribution is -0.116. The lowest BCUT2D eigenvalue weighted by Crippen LogP contribution is -2.35. The molecule has 0 spiro atoms. The minimum absolute atomic E-state index is 0.0614. The molecule has 1 heterocycles. The Kier molecular flexibility index (Phi) is 7.53. The molecule has 1 aromatic rings. The highest BCUT2D eigenvalue weighted by molar-refractivity contribution is 9.10. The predicted molar refractivity (Wildman–Crippen MR) is 99.7 cm³/mol. The lowest BCUT2D eigenvalue weighted by atomic mass is 10.1. The van der Waals surface area contributed by atoms with Crippen molar-refractivity contribution in [3.8, 4) is 0 Å². The number of halogens is 1. The second kappa shape index (κ2) is 9.40. The Morgan fingerprint density at radius 1 is 1.39 bits per heavy atom. The Morgan fingerprint density at radius 2 is 2.13 bits per heavy atom. The van der Waals surface area contributed by atoms with Crippen molar-refractivity contribution in [3.63, 3.8) is 0 Å². The van der Waals surface area contributed by atoms with Gasteiger partial charge in [-0.25, -0.2) is 0 Å². The molecule has 4 nitrogen and oxygen atoms in total. The third kappa shape index (κ3) is 6.61. The molecule has 2 N–H and O–H groups in total. The summed E-state index contributed by atoms with van der Waals surface area (Å²) in [5, 5.41) is 6.46. The maximum absolute atomic E-state index is 12.1. The Morgan fingerprint density at radius 3 is 2.83 bits per heavy atom. The van der Waals surface area contributed by atoms with E-state index in [-0.39, 0.29) is 11.9 Å². The number of nitrogens with zero attached hydrogens (tertiary/aromatic N) is 1. The summed E-state index contributed by atoms with van der Waals surface area (Å²) in [6, 6.07) is 7.87. The predicted octanol–water partition coefficient (Wildman–Crippen LogP) is 3.49. The summed E-state index contributed by atoms with van der Waals surface area (Å²) in [5.41, 5.74) is 0.844. The van der Waals surface area contributed by atoms with Crippen molar-refractivity contribution in [2.45, 2.75) is 39.2 Å². The number of carbonyl (C=O) groups excluding carboxylic acids is 1. The molecule has 2 unspecified atom stereocenters. The molecule has 23 heavy (non-hydrogen) atoms. The number of anilines is 1. The van der Waals surface area contributed by atoms with Crippen molar-refractivity contribution < 1.29 is 4.79 Å². The topological polar surface area (TPSA) is 44.4 Å². The maximum Gasteiger partial charge on any atom is 0.225 e. The molecule has 1 amide bonds. The summed E-state index contributed by atoms with van der Waals surface area (Å²) in [7, 11) is 0. The monoisotopic (exact) mass is 381 g/mol. The van der Waals surface area contributed by atoms with Gasteiger partial charge in [0, 0.05) is 29.2 Å². The van der Waals surface area contributed by atoms with Gasteiger partial charge in [0.2, 0.25) is 5.91 Å². The van der Waals surface area contributed by atoms with Crippen molar-refractivity contribution in [2.75, 3.05) is 31.5 Å². The highest BCUT2D eigenvalue weighted by atomic mass is 79.9. The number of hydrogen-bond donors (Lipinski definition) is 2. The largest absolute Gasteiger partial charge is 0.326 e. The molecule has 1 aliphatic rings. The quantitative estimate of drug-likeness (QED) is 0.724. The molecule has 1 aliphatic heterocycles. The number of hydrogen-bond acceptors (Lipinski definition) is 3. The average molecular weight is 382 g/mol. The van der Waals surface area contributed by atoms with Gasteiger partial charge >= 0.3 is 0 Å². The second-order valence-corrected chi connectivity index (χ2v) is 7.44. The van der Waals surface area contributed by atoms with Crippen LogP contribution < -0.4 is 10.6 Å². The van der Waals surface area contributed by atoms with Gasteiger partial charge in [0.1, 0.15) is 0 Å². The van der Waals surface area contributed by atoms with Crippen LogP contribution >= 0.6 is 15.9 Å². The van der Waals surface area contributed by atoms with Crippen molar-refractivity contribution >= 4 is 27.5 Å². The molecule has 128 valence electrons. The van der Waals surface area contributed by atoms with E-state index in [4.69, 9.17) is 0 Å². The molecule has 5 heteroatoms. The third-order valence-corrected chi connectivity index (χ3v) is 4.81. The van der Waals surface area contributed by atoms with E-state index < -0.39 is 0 Å². The number of rotatable bonds is 8. The summed E-state index contributed by atoms with van der Waals surface area (Å²) in [6.07, 6.45) is 3.00. The van der Waals surface area contributed by atoms with E-state index in [1.165, 1.54) is 32.5 Å². The smallest absolute Gasteiger partial charge is 0.225 e. The fourth-order valence-corrected chi connectivity index (χ4v) is 3.33. The van der Waals surface area contributed by atoms with Crippen LogP contribution in [0, 0.1) is 5.92 Å². The normalized spacial score (nSPS) is 19.7. The highest BCUT2D eigenvalue weighted by Crippen LogP contribution is 2.16. The minimum atomic E-state index is 0.0614. The summed E-state index contributed by atoms with van der Waals surface area (Å²) in [5.74, 6) is 0.782. The van der Waals surface area contributed by atoms with Gasteiger partial charge in [-0.2, -0.15) is 0 Å². The molecular formula is C18H28BrN3O. The molecule has 1 saturated heterocycles. The van der Waals surface area contributed by atoms with Crippen LogP contribution in [0.4, 0.5) is 5.69 Å². The van der Waals surface area contributed by atoms with E-state index in [1.807, 2.05) is 24.3 Å². The Hall–Kier alpha value is -0.910. The second-order valence-electron chi connectivity index (χ2n) is 6.52. The minimum Gasteiger partial charge on any atom is -0.326 e. The van der Waals surface area contributed by atoms with E-state index in [9.17, 15) is 4.79 Å². The molecule has 2 rings (SSSR count). The van der Waals surface area contributed by atoms with Crippen LogP contribution in [0.1, 0.15) is 33.1 Å². The van der Waals surface area contributed by atoms with Crippen LogP contribution in [0.3, 0.4) is 0 Å². The van der Waals surface area contributed by atoms with E-state index in [0.717, 1.165) is 22.6 Å². The summed E-state index contributed by atoms with van der Waals surface area (Å²) >= 11 is 3.39. The van der Waals surface area contributed by atoms with Crippen LogP contribution in [-0.2, 0) is 4.79 Å². The Bertz CT molecular complexity index is 492. The fraction of sp³-hybridized carbons (Fsp3) is 0.611. The molecule has 0 saturated carbocycles. The number of nitrogens with one attached hydrogen (secondary N) is 2. The maximum atomic E-state index is 12.1. The first-order valence-electron chi connectivity index (χ1n) is 8.58. The van der Waals surface area contributed by atoms with Gasteiger partial charge in [-0.15, -0.1) is 0 Å². The van der Waals surface area contributed by atoms with Crippen LogP contribution in [0.15, 0.2) is 28.7 Å². The number of carbonyl (C=O) groups is 1. The van der Waals surface area contributed by atoms with Gasteiger partial charge in [0.05, 0.1) is 0 Å². The van der Waals surface area contributed by atoms with Gasteiger partial charge < -0.3 is 15.5 Å². The molecular weight excluding hydrogens is 354 g/mol. The van der Waals surface area contributed by atoms with E-state index >= 15 is 0 Å². The van der Waals surface area contributed by atoms with E-state index in [1.54, 1.807) is 0 Å². The van der Waals surface area contributed by atoms with Crippen molar-refractivity contribution in [3.05, 3.63) is 28.7 Å². The van der Waals surface area contributed by atoms with Crippen molar-refractivity contribution in [1.29, 1.82) is 0 Å². The van der Waals surface area contributed by atoms with Gasteiger partial charge in [-0.3, -0.25) is 4.79 Å². The van der Waals surface area contributed by atoms with Crippen LogP contribution in [0.5, 0.6) is 0 Å². The fourth-order valence-electron chi connectivity index (χ4n) is 3.06. The van der Waals surface area contributed by atoms with Gasteiger partial charge in [0.25, 0.3) is 0 Å². The number of likely N-dealkylation sites (tertiary alicyclic amines) is 1. The SMILES string of the molecule is CCCN1CCC(CNC(C)CC(=O)Nc2ccc(Br)cc2)C1. The van der Waals surface area contributed by atoms with E-state index in [2.05, 4.69) is 45.3 Å². The van der Waals surface area contributed by atoms with Crippen LogP contribution in [0.2, 0.25) is 0 Å². The number of amides is 1. The zero-order valence-electron chi connectivity index (χ0n) is 14.1. The number of benzene rings is 1. The molecule has 0 aliphatic carbocycles. The average Bonchev–Trinajstić information content (AvgIpc) is 2.95. The summed E-state index contributed by atoms with van der Waals surface area (Å²) in [6.45, 7) is 8.95. The summed E-state index contributed by atoms with van der Waals surface area (Å²) in [4.78, 5) is 14.6. The molecule has 1 aromatic carbocycles. The highest BCUT2D eigenvalue weighted by Gasteiger charge is 2.22. The lowest BCUT2D eigenvalue weighted by Gasteiger charge is -2.18. The zero-order valence-corrected chi connectivity index (χ0v) is 15.7. The molecule has 0 bridgehead atoms. The van der Waals surface area contributed by atoms with Crippen molar-refractivity contribution in [2.24, 2.45) is 5.92 Å². The summed E-state index contributed by atoms with van der Waals surface area (Å²) < 4.78 is 1.01. The third-order valence-electron chi connectivity index (χ3n) is 4.28. The molecule has 0 radical (unpaired) electrons. The zero-order chi connectivity index (χ0) is 16.7. The van der Waals surface area contributed by atoms with E-state index in [0.29, 0.717) is 6.42 Å². The first-order chi connectivity index (χ1) is 11.1. The standard InChI is InChI=1S/C18H28BrN3O/c1-3-9-22-10-8-15(13-22)12-20-14(2)11-18(23)21-17-6-4-16(19)5-7-17/h4-7,14-15,20H,3,8-13H2,1-2H3,(H,21,23). The molecule has 1 fully saturated rings. The van der Waals surface area contributed by atoms with Gasteiger partial charge in [-0.05, 0) is 69.6 Å². The Balaban J connectivity index is 1.65. The molecule has 2 atom stereocenters. The Labute approximate surface area is 148 Å². The van der Waals surface area contributed by atoms with Gasteiger partial charge in [0.15, 0.2) is 0 Å². The van der Waals surface area contributed by atoms with Crippen molar-refractivity contribution in [1.82, 2.24) is 10.2 Å². The molecule has 0 aromatic heterocycles. The van der Waals surface area contributed by atoms with Crippen LogP contribution in [-0.4, -0.2) is 43.0 Å².